The van der Waals surface area contributed by atoms with E-state index >= 15 is 0 Å². The summed E-state index contributed by atoms with van der Waals surface area (Å²) in [4.78, 5) is 25.3. The molecule has 1 fully saturated rings. The third-order valence-electron chi connectivity index (χ3n) is 3.14. The molecule has 1 saturated heterocycles. The molecule has 2 rings (SSSR count). The minimum atomic E-state index is -0.499. The summed E-state index contributed by atoms with van der Waals surface area (Å²) in [6.07, 6.45) is 0.241. The normalized spacial score (nSPS) is 14.8. The number of hydrogen-bond donors (Lipinski definition) is 2. The van der Waals surface area contributed by atoms with Gasteiger partial charge in [0.2, 0.25) is 5.91 Å². The highest BCUT2D eigenvalue weighted by Gasteiger charge is 2.22. The number of hydrogen-bond acceptors (Lipinski definition) is 3. The van der Waals surface area contributed by atoms with Crippen molar-refractivity contribution in [2.45, 2.75) is 6.42 Å². The van der Waals surface area contributed by atoms with Crippen LogP contribution < -0.4 is 11.1 Å². The lowest BCUT2D eigenvalue weighted by Gasteiger charge is -2.20. The zero-order valence-electron chi connectivity index (χ0n) is 11.5. The fraction of sp³-hybridized carbons (Fsp3) is 0.333. The van der Waals surface area contributed by atoms with Crippen molar-refractivity contribution in [2.24, 2.45) is 5.73 Å². The van der Waals surface area contributed by atoms with E-state index in [1.165, 1.54) is 23.1 Å². The third kappa shape index (κ3) is 3.80. The van der Waals surface area contributed by atoms with Gasteiger partial charge in [0.1, 0.15) is 5.82 Å². The van der Waals surface area contributed by atoms with Gasteiger partial charge in [-0.1, -0.05) is 11.8 Å². The summed E-state index contributed by atoms with van der Waals surface area (Å²) in [6, 6.07) is 3.89. The fourth-order valence-corrected chi connectivity index (χ4v) is 2.09. The summed E-state index contributed by atoms with van der Waals surface area (Å²) < 4.78 is 13.4. The van der Waals surface area contributed by atoms with Crippen molar-refractivity contribution in [3.05, 3.63) is 35.1 Å². The van der Waals surface area contributed by atoms with Crippen LogP contribution in [0.1, 0.15) is 22.3 Å². The number of rotatable bonds is 1. The van der Waals surface area contributed by atoms with Crippen molar-refractivity contribution in [3.8, 4) is 11.8 Å². The Labute approximate surface area is 122 Å². The van der Waals surface area contributed by atoms with Gasteiger partial charge in [-0.15, -0.1) is 0 Å². The number of halogens is 1. The maximum absolute atomic E-state index is 13.4. The van der Waals surface area contributed by atoms with Gasteiger partial charge in [-0.2, -0.15) is 0 Å². The van der Waals surface area contributed by atoms with E-state index < -0.39 is 5.82 Å². The van der Waals surface area contributed by atoms with E-state index in [1.807, 2.05) is 0 Å². The summed E-state index contributed by atoms with van der Waals surface area (Å²) in [7, 11) is 0. The number of benzene rings is 1. The van der Waals surface area contributed by atoms with Crippen LogP contribution >= 0.6 is 0 Å². The standard InChI is InChI=1S/C15H16FN3O2/c16-12-4-3-11(2-1-6-17)13(10-12)15(21)19-8-5-14(20)18-7-9-19/h3-4,10H,5-9,17H2,(H,18,20). The van der Waals surface area contributed by atoms with Gasteiger partial charge >= 0.3 is 0 Å². The second kappa shape index (κ2) is 6.86. The van der Waals surface area contributed by atoms with Crippen LogP contribution in [0.2, 0.25) is 0 Å². The SMILES string of the molecule is NCC#Cc1ccc(F)cc1C(=O)N1CCNC(=O)CC1. The molecule has 1 heterocycles. The molecule has 2 amide bonds. The minimum absolute atomic E-state index is 0.0901. The first-order chi connectivity index (χ1) is 10.1. The largest absolute Gasteiger partial charge is 0.354 e. The summed E-state index contributed by atoms with van der Waals surface area (Å²) in [5, 5.41) is 2.69. The predicted molar refractivity (Wildman–Crippen MR) is 75.9 cm³/mol. The quantitative estimate of drug-likeness (QED) is 0.720. The molecule has 0 spiro atoms. The highest BCUT2D eigenvalue weighted by Crippen LogP contribution is 2.14. The maximum Gasteiger partial charge on any atom is 0.255 e. The Morgan fingerprint density at radius 2 is 2.24 bits per heavy atom. The number of nitrogens with two attached hydrogens (primary N) is 1. The van der Waals surface area contributed by atoms with E-state index in [-0.39, 0.29) is 30.3 Å². The Hall–Kier alpha value is -2.39. The molecule has 1 aliphatic rings. The third-order valence-corrected chi connectivity index (χ3v) is 3.14. The van der Waals surface area contributed by atoms with E-state index in [9.17, 15) is 14.0 Å². The van der Waals surface area contributed by atoms with Crippen molar-refractivity contribution in [1.29, 1.82) is 0 Å². The molecule has 0 aromatic heterocycles. The van der Waals surface area contributed by atoms with Gasteiger partial charge in [0.25, 0.3) is 5.91 Å². The average Bonchev–Trinajstić information content (AvgIpc) is 2.70. The molecule has 1 aromatic rings. The maximum atomic E-state index is 13.4. The van der Waals surface area contributed by atoms with Crippen molar-refractivity contribution >= 4 is 11.8 Å². The monoisotopic (exact) mass is 289 g/mol. The van der Waals surface area contributed by atoms with Gasteiger partial charge in [0.15, 0.2) is 0 Å². The molecule has 6 heteroatoms. The Balaban J connectivity index is 2.29. The molecule has 0 bridgehead atoms. The lowest BCUT2D eigenvalue weighted by Crippen LogP contribution is -2.34. The first-order valence-electron chi connectivity index (χ1n) is 6.66. The number of nitrogens with zero attached hydrogens (tertiary/aromatic N) is 1. The molecular formula is C15H16FN3O2. The lowest BCUT2D eigenvalue weighted by molar-refractivity contribution is -0.120. The van der Waals surface area contributed by atoms with Crippen molar-refractivity contribution in [3.63, 3.8) is 0 Å². The smallest absolute Gasteiger partial charge is 0.255 e. The fourth-order valence-electron chi connectivity index (χ4n) is 2.09. The number of carbonyl (C=O) groups is 2. The molecule has 0 unspecified atom stereocenters. The van der Waals surface area contributed by atoms with Gasteiger partial charge in [0, 0.05) is 31.6 Å². The minimum Gasteiger partial charge on any atom is -0.354 e. The molecule has 21 heavy (non-hydrogen) atoms. The van der Waals surface area contributed by atoms with E-state index in [4.69, 9.17) is 5.73 Å². The Morgan fingerprint density at radius 3 is 3.00 bits per heavy atom. The van der Waals surface area contributed by atoms with Crippen LogP contribution in [0.4, 0.5) is 4.39 Å². The van der Waals surface area contributed by atoms with Crippen LogP contribution in [0.3, 0.4) is 0 Å². The number of carbonyl (C=O) groups excluding carboxylic acids is 2. The second-order valence-electron chi connectivity index (χ2n) is 4.59. The predicted octanol–water partition coefficient (Wildman–Crippen LogP) is 0.0980. The average molecular weight is 289 g/mol. The molecule has 110 valence electrons. The molecule has 3 N–H and O–H groups in total. The Kier molecular flexibility index (Phi) is 4.90. The van der Waals surface area contributed by atoms with Gasteiger partial charge < -0.3 is 16.0 Å². The van der Waals surface area contributed by atoms with Crippen LogP contribution in [-0.2, 0) is 4.79 Å². The van der Waals surface area contributed by atoms with Gasteiger partial charge in [-0.3, -0.25) is 9.59 Å². The van der Waals surface area contributed by atoms with Crippen LogP contribution in [-0.4, -0.2) is 42.9 Å². The molecule has 5 nitrogen and oxygen atoms in total. The van der Waals surface area contributed by atoms with E-state index in [2.05, 4.69) is 17.2 Å². The van der Waals surface area contributed by atoms with Crippen LogP contribution in [0.15, 0.2) is 18.2 Å². The summed E-state index contributed by atoms with van der Waals surface area (Å²) in [6.45, 7) is 1.26. The first kappa shape index (κ1) is 15.0. The van der Waals surface area contributed by atoms with Crippen molar-refractivity contribution in [2.75, 3.05) is 26.2 Å². The lowest BCUT2D eigenvalue weighted by atomic mass is 10.1. The van der Waals surface area contributed by atoms with E-state index in [1.54, 1.807) is 0 Å². The van der Waals surface area contributed by atoms with E-state index in [0.717, 1.165) is 0 Å². The zero-order valence-corrected chi connectivity index (χ0v) is 11.5. The highest BCUT2D eigenvalue weighted by molar-refractivity contribution is 5.97. The number of nitrogens with one attached hydrogen (secondary N) is 1. The molecule has 0 aliphatic carbocycles. The van der Waals surface area contributed by atoms with Crippen LogP contribution in [0.5, 0.6) is 0 Å². The molecule has 0 radical (unpaired) electrons. The summed E-state index contributed by atoms with van der Waals surface area (Å²) >= 11 is 0. The first-order valence-corrected chi connectivity index (χ1v) is 6.66. The topological polar surface area (TPSA) is 75.4 Å². The van der Waals surface area contributed by atoms with Crippen LogP contribution in [0.25, 0.3) is 0 Å². The van der Waals surface area contributed by atoms with Crippen molar-refractivity contribution < 1.29 is 14.0 Å². The summed E-state index contributed by atoms with van der Waals surface area (Å²) in [5.41, 5.74) is 5.96. The van der Waals surface area contributed by atoms with Gasteiger partial charge in [-0.05, 0) is 18.2 Å². The van der Waals surface area contributed by atoms with E-state index in [0.29, 0.717) is 25.2 Å². The highest BCUT2D eigenvalue weighted by atomic mass is 19.1. The molecule has 1 aliphatic heterocycles. The molecule has 0 saturated carbocycles. The molecular weight excluding hydrogens is 273 g/mol. The molecule has 1 aromatic carbocycles. The summed E-state index contributed by atoms with van der Waals surface area (Å²) in [5.74, 6) is 4.52. The van der Waals surface area contributed by atoms with Gasteiger partial charge in [-0.25, -0.2) is 4.39 Å². The zero-order chi connectivity index (χ0) is 15.2. The number of amides is 2. The van der Waals surface area contributed by atoms with Crippen molar-refractivity contribution in [1.82, 2.24) is 10.2 Å². The second-order valence-corrected chi connectivity index (χ2v) is 4.59. The molecule has 0 atom stereocenters. The van der Waals surface area contributed by atoms with Gasteiger partial charge in [0.05, 0.1) is 12.1 Å². The Morgan fingerprint density at radius 1 is 1.43 bits per heavy atom. The van der Waals surface area contributed by atoms with Crippen LogP contribution in [0, 0.1) is 17.7 Å². The Bertz CT molecular complexity index is 619.